The Bertz CT molecular complexity index is 860. The third-order valence-corrected chi connectivity index (χ3v) is 4.88. The lowest BCUT2D eigenvalue weighted by molar-refractivity contribution is -0.385. The second kappa shape index (κ2) is 8.84. The maximum Gasteiger partial charge on any atom is 0.310 e. The van der Waals surface area contributed by atoms with E-state index < -0.39 is 4.92 Å². The number of nitro groups is 1. The molecule has 1 heterocycles. The molecule has 1 aliphatic heterocycles. The molecule has 0 aromatic heterocycles. The summed E-state index contributed by atoms with van der Waals surface area (Å²) in [4.78, 5) is 27.2. The van der Waals surface area contributed by atoms with Crippen LogP contribution in [0.25, 0.3) is 0 Å². The molecular weight excluding hydrogens is 358 g/mol. The monoisotopic (exact) mass is 383 g/mol. The van der Waals surface area contributed by atoms with Gasteiger partial charge >= 0.3 is 5.69 Å². The van der Waals surface area contributed by atoms with E-state index >= 15 is 0 Å². The van der Waals surface area contributed by atoms with E-state index in [1.54, 1.807) is 17.0 Å². The topological polar surface area (TPSA) is 75.9 Å². The number of benzene rings is 2. The zero-order valence-corrected chi connectivity index (χ0v) is 16.3. The fourth-order valence-electron chi connectivity index (χ4n) is 3.34. The number of hydrogen-bond acceptors (Lipinski definition) is 5. The minimum atomic E-state index is -0.497. The fourth-order valence-corrected chi connectivity index (χ4v) is 3.34. The smallest absolute Gasteiger partial charge is 0.310 e. The predicted octanol–water partition coefficient (Wildman–Crippen LogP) is 2.93. The first-order valence-corrected chi connectivity index (χ1v) is 9.36. The van der Waals surface area contributed by atoms with Crippen LogP contribution in [0.3, 0.4) is 0 Å². The summed E-state index contributed by atoms with van der Waals surface area (Å²) in [7, 11) is 0. The normalized spacial score (nSPS) is 14.7. The maximum atomic E-state index is 12.5. The number of piperazine rings is 1. The van der Waals surface area contributed by atoms with E-state index in [0.29, 0.717) is 13.1 Å². The first-order valence-electron chi connectivity index (χ1n) is 9.36. The van der Waals surface area contributed by atoms with Gasteiger partial charge in [-0.3, -0.25) is 19.8 Å². The van der Waals surface area contributed by atoms with Crippen LogP contribution in [0.2, 0.25) is 0 Å². The largest absolute Gasteiger partial charge is 0.477 e. The van der Waals surface area contributed by atoms with Crippen molar-refractivity contribution in [1.82, 2.24) is 9.80 Å². The third-order valence-electron chi connectivity index (χ3n) is 4.88. The van der Waals surface area contributed by atoms with Crippen LogP contribution in [0.5, 0.6) is 5.75 Å². The summed E-state index contributed by atoms with van der Waals surface area (Å²) < 4.78 is 5.48. The first kappa shape index (κ1) is 19.8. The van der Waals surface area contributed by atoms with Gasteiger partial charge < -0.3 is 9.64 Å². The van der Waals surface area contributed by atoms with Gasteiger partial charge in [-0.15, -0.1) is 0 Å². The number of amides is 1. The van der Waals surface area contributed by atoms with Crippen molar-refractivity contribution in [3.05, 3.63) is 69.3 Å². The second-order valence-electron chi connectivity index (χ2n) is 7.16. The fraction of sp³-hybridized carbons (Fsp3) is 0.381. The van der Waals surface area contributed by atoms with E-state index in [1.165, 1.54) is 17.2 Å². The molecule has 2 aromatic carbocycles. The van der Waals surface area contributed by atoms with Crippen LogP contribution in [-0.4, -0.2) is 53.4 Å². The lowest BCUT2D eigenvalue weighted by atomic mass is 10.1. The van der Waals surface area contributed by atoms with Crippen molar-refractivity contribution in [2.75, 3.05) is 32.8 Å². The Morgan fingerprint density at radius 3 is 2.46 bits per heavy atom. The molecule has 0 saturated carbocycles. The Morgan fingerprint density at radius 1 is 1.07 bits per heavy atom. The molecule has 0 spiro atoms. The highest BCUT2D eigenvalue weighted by molar-refractivity contribution is 5.78. The molecule has 3 rings (SSSR count). The summed E-state index contributed by atoms with van der Waals surface area (Å²) in [6.07, 6.45) is 0. The molecular formula is C21H25N3O4. The lowest BCUT2D eigenvalue weighted by Crippen LogP contribution is -2.49. The van der Waals surface area contributed by atoms with Gasteiger partial charge in [0.2, 0.25) is 0 Å². The van der Waals surface area contributed by atoms with Gasteiger partial charge in [-0.2, -0.15) is 0 Å². The molecule has 1 amide bonds. The molecule has 2 aromatic rings. The van der Waals surface area contributed by atoms with E-state index in [0.717, 1.165) is 25.2 Å². The van der Waals surface area contributed by atoms with Gasteiger partial charge in [0.05, 0.1) is 4.92 Å². The van der Waals surface area contributed by atoms with Crippen LogP contribution < -0.4 is 4.74 Å². The van der Waals surface area contributed by atoms with Crippen LogP contribution in [0, 0.1) is 24.0 Å². The molecule has 0 atom stereocenters. The van der Waals surface area contributed by atoms with Gasteiger partial charge in [0.15, 0.2) is 12.4 Å². The number of carbonyl (C=O) groups is 1. The minimum Gasteiger partial charge on any atom is -0.477 e. The van der Waals surface area contributed by atoms with Crippen molar-refractivity contribution in [3.63, 3.8) is 0 Å². The van der Waals surface area contributed by atoms with Crippen LogP contribution in [0.15, 0.2) is 42.5 Å². The number of nitrogens with zero attached hydrogens (tertiary/aromatic N) is 3. The number of aryl methyl sites for hydroxylation is 2. The van der Waals surface area contributed by atoms with Crippen molar-refractivity contribution in [3.8, 4) is 5.75 Å². The zero-order valence-electron chi connectivity index (χ0n) is 16.3. The van der Waals surface area contributed by atoms with Crippen molar-refractivity contribution >= 4 is 11.6 Å². The SMILES string of the molecule is Cc1cccc(CN2CCN(C(=O)COc3cc(C)ccc3[N+](=O)[O-])CC2)c1. The van der Waals surface area contributed by atoms with E-state index in [9.17, 15) is 14.9 Å². The van der Waals surface area contributed by atoms with E-state index in [4.69, 9.17) is 4.74 Å². The molecule has 7 heteroatoms. The molecule has 1 aliphatic rings. The van der Waals surface area contributed by atoms with Gasteiger partial charge in [0.25, 0.3) is 5.91 Å². The average Bonchev–Trinajstić information content (AvgIpc) is 2.66. The summed E-state index contributed by atoms with van der Waals surface area (Å²) in [5.74, 6) is -0.0116. The highest BCUT2D eigenvalue weighted by atomic mass is 16.6. The molecule has 1 fully saturated rings. The highest BCUT2D eigenvalue weighted by Gasteiger charge is 2.23. The molecule has 7 nitrogen and oxygen atoms in total. The first-order chi connectivity index (χ1) is 13.4. The van der Waals surface area contributed by atoms with Crippen molar-refractivity contribution in [1.29, 1.82) is 0 Å². The van der Waals surface area contributed by atoms with Crippen molar-refractivity contribution < 1.29 is 14.5 Å². The molecule has 0 N–H and O–H groups in total. The Balaban J connectivity index is 1.50. The Hall–Kier alpha value is -2.93. The van der Waals surface area contributed by atoms with Gasteiger partial charge in [0.1, 0.15) is 0 Å². The third kappa shape index (κ3) is 5.07. The number of rotatable bonds is 6. The average molecular weight is 383 g/mol. The molecule has 1 saturated heterocycles. The molecule has 28 heavy (non-hydrogen) atoms. The van der Waals surface area contributed by atoms with Gasteiger partial charge in [-0.25, -0.2) is 0 Å². The van der Waals surface area contributed by atoms with E-state index in [1.807, 2.05) is 6.92 Å². The minimum absolute atomic E-state index is 0.124. The molecule has 0 radical (unpaired) electrons. The zero-order chi connectivity index (χ0) is 20.1. The summed E-state index contributed by atoms with van der Waals surface area (Å²) >= 11 is 0. The maximum absolute atomic E-state index is 12.5. The highest BCUT2D eigenvalue weighted by Crippen LogP contribution is 2.27. The van der Waals surface area contributed by atoms with Crippen LogP contribution in [0.1, 0.15) is 16.7 Å². The van der Waals surface area contributed by atoms with Gasteiger partial charge in [-0.1, -0.05) is 35.9 Å². The lowest BCUT2D eigenvalue weighted by Gasteiger charge is -2.34. The summed E-state index contributed by atoms with van der Waals surface area (Å²) in [5.41, 5.74) is 3.24. The van der Waals surface area contributed by atoms with Crippen molar-refractivity contribution in [2.24, 2.45) is 0 Å². The number of carbonyl (C=O) groups excluding carboxylic acids is 1. The van der Waals surface area contributed by atoms with Crippen LogP contribution >= 0.6 is 0 Å². The van der Waals surface area contributed by atoms with Crippen LogP contribution in [-0.2, 0) is 11.3 Å². The van der Waals surface area contributed by atoms with Crippen molar-refractivity contribution in [2.45, 2.75) is 20.4 Å². The van der Waals surface area contributed by atoms with Crippen LogP contribution in [0.4, 0.5) is 5.69 Å². The van der Waals surface area contributed by atoms with E-state index in [2.05, 4.69) is 36.1 Å². The quantitative estimate of drug-likeness (QED) is 0.566. The predicted molar refractivity (Wildman–Crippen MR) is 106 cm³/mol. The molecule has 0 bridgehead atoms. The molecule has 0 aliphatic carbocycles. The van der Waals surface area contributed by atoms with E-state index in [-0.39, 0.29) is 24.0 Å². The summed E-state index contributed by atoms with van der Waals surface area (Å²) in [5, 5.41) is 11.1. The Kier molecular flexibility index (Phi) is 6.26. The van der Waals surface area contributed by atoms with Gasteiger partial charge in [-0.05, 0) is 31.0 Å². The Labute approximate surface area is 164 Å². The number of hydrogen-bond donors (Lipinski definition) is 0. The molecule has 0 unspecified atom stereocenters. The Morgan fingerprint density at radius 2 is 1.79 bits per heavy atom. The standard InChI is InChI=1S/C21H25N3O4/c1-16-4-3-5-18(12-16)14-22-8-10-23(11-9-22)21(25)15-28-20-13-17(2)6-7-19(20)24(26)27/h3-7,12-13H,8-11,14-15H2,1-2H3. The van der Waals surface area contributed by atoms with Gasteiger partial charge in [0, 0.05) is 38.8 Å². The summed E-state index contributed by atoms with van der Waals surface area (Å²) in [6, 6.07) is 13.1. The number of ether oxygens (including phenoxy) is 1. The summed E-state index contributed by atoms with van der Waals surface area (Å²) in [6.45, 7) is 7.44. The molecule has 148 valence electrons. The number of nitro benzene ring substituents is 1. The second-order valence-corrected chi connectivity index (χ2v) is 7.16.